The molecule has 0 heterocycles. The van der Waals surface area contributed by atoms with Crippen LogP contribution in [0.25, 0.3) is 0 Å². The molecule has 78 valence electrons. The number of carbonyl (C=O) groups is 1. The molecule has 1 unspecified atom stereocenters. The van der Waals surface area contributed by atoms with Crippen molar-refractivity contribution in [1.82, 2.24) is 0 Å². The first-order valence-corrected chi connectivity index (χ1v) is 3.71. The fourth-order valence-electron chi connectivity index (χ4n) is 0.345. The molecule has 0 bridgehead atoms. The van der Waals surface area contributed by atoms with Gasteiger partial charge in [0.2, 0.25) is 0 Å². The predicted molar refractivity (Wildman–Crippen MR) is 38.5 cm³/mol. The van der Waals surface area contributed by atoms with E-state index < -0.39 is 29.7 Å². The third-order valence-corrected chi connectivity index (χ3v) is 1.69. The molecule has 0 aliphatic heterocycles. The van der Waals surface area contributed by atoms with Crippen molar-refractivity contribution in [3.05, 3.63) is 0 Å². The van der Waals surface area contributed by atoms with Crippen LogP contribution in [-0.2, 0) is 9.53 Å². The van der Waals surface area contributed by atoms with Gasteiger partial charge in [-0.15, -0.1) is 0 Å². The van der Waals surface area contributed by atoms with Gasteiger partial charge in [0.1, 0.15) is 6.61 Å². The fourth-order valence-corrected chi connectivity index (χ4v) is 0.476. The molecule has 0 aromatic carbocycles. The molecule has 0 rings (SSSR count). The quantitative estimate of drug-likeness (QED) is 0.595. The summed E-state index contributed by atoms with van der Waals surface area (Å²) >= 11 is 8.69. The molecule has 1 N–H and O–H groups in total. The van der Waals surface area contributed by atoms with Crippen molar-refractivity contribution in [2.45, 2.75) is 10.5 Å². The fraction of sp³-hybridized carbons (Fsp3) is 0.800. The first-order valence-electron chi connectivity index (χ1n) is 2.96. The van der Waals surface area contributed by atoms with Crippen LogP contribution in [0.4, 0.5) is 13.2 Å². The minimum absolute atomic E-state index is 0.632. The van der Waals surface area contributed by atoms with Crippen molar-refractivity contribution < 1.29 is 27.8 Å². The van der Waals surface area contributed by atoms with Crippen molar-refractivity contribution >= 4 is 29.2 Å². The van der Waals surface area contributed by atoms with Crippen molar-refractivity contribution in [2.75, 3.05) is 13.2 Å². The lowest BCUT2D eigenvalue weighted by Gasteiger charge is -2.20. The molecule has 0 saturated heterocycles. The van der Waals surface area contributed by atoms with Crippen LogP contribution in [-0.4, -0.2) is 34.8 Å². The third-order valence-electron chi connectivity index (χ3n) is 0.937. The number of halogens is 5. The van der Waals surface area contributed by atoms with Crippen molar-refractivity contribution in [2.24, 2.45) is 0 Å². The second kappa shape index (κ2) is 4.34. The van der Waals surface area contributed by atoms with Gasteiger partial charge in [0.05, 0.1) is 6.61 Å². The summed E-state index contributed by atoms with van der Waals surface area (Å²) in [5.41, 5.74) is 0. The van der Waals surface area contributed by atoms with Gasteiger partial charge in [0.25, 0.3) is 0 Å². The van der Waals surface area contributed by atoms with Gasteiger partial charge in [-0.3, -0.25) is 0 Å². The number of carbonyl (C=O) groups excluding carboxylic acids is 1. The van der Waals surface area contributed by atoms with E-state index in [1.165, 1.54) is 0 Å². The lowest BCUT2D eigenvalue weighted by atomic mass is 10.4. The summed E-state index contributed by atoms with van der Waals surface area (Å²) in [5, 5.41) is -0.569. The SMILES string of the molecule is O=C(OCCO)C(F)(Cl)C(F)(F)Cl. The van der Waals surface area contributed by atoms with Crippen LogP contribution in [0.5, 0.6) is 0 Å². The summed E-state index contributed by atoms with van der Waals surface area (Å²) in [6.45, 7) is -1.27. The van der Waals surface area contributed by atoms with Crippen LogP contribution >= 0.6 is 23.2 Å². The molecular weight excluding hydrogens is 236 g/mol. The van der Waals surface area contributed by atoms with Gasteiger partial charge < -0.3 is 9.84 Å². The van der Waals surface area contributed by atoms with Crippen LogP contribution in [0.15, 0.2) is 0 Å². The first-order chi connectivity index (χ1) is 5.73. The summed E-state index contributed by atoms with van der Waals surface area (Å²) in [5.74, 6) is -2.04. The van der Waals surface area contributed by atoms with Gasteiger partial charge in [-0.25, -0.2) is 9.18 Å². The minimum Gasteiger partial charge on any atom is -0.460 e. The summed E-state index contributed by atoms with van der Waals surface area (Å²) < 4.78 is 40.6. The molecule has 0 saturated carbocycles. The Balaban J connectivity index is 4.37. The smallest absolute Gasteiger partial charge is 0.380 e. The van der Waals surface area contributed by atoms with Crippen LogP contribution in [0.3, 0.4) is 0 Å². The molecule has 0 aliphatic rings. The van der Waals surface area contributed by atoms with Crippen LogP contribution in [0, 0.1) is 0 Å². The maximum Gasteiger partial charge on any atom is 0.380 e. The van der Waals surface area contributed by atoms with E-state index in [1.807, 2.05) is 0 Å². The Morgan fingerprint density at radius 1 is 1.38 bits per heavy atom. The molecule has 1 atom stereocenters. The predicted octanol–water partition coefficient (Wildman–Crippen LogP) is 1.26. The first kappa shape index (κ1) is 12.8. The zero-order valence-corrected chi connectivity index (χ0v) is 7.58. The van der Waals surface area contributed by atoms with E-state index in [4.69, 9.17) is 5.11 Å². The summed E-state index contributed by atoms with van der Waals surface area (Å²) in [7, 11) is 0. The highest BCUT2D eigenvalue weighted by Crippen LogP contribution is 2.40. The Bertz CT molecular complexity index is 192. The van der Waals surface area contributed by atoms with Crippen LogP contribution in [0.2, 0.25) is 0 Å². The lowest BCUT2D eigenvalue weighted by molar-refractivity contribution is -0.164. The molecule has 8 heteroatoms. The Labute approximate surface area is 81.4 Å². The maximum atomic E-state index is 12.6. The Kier molecular flexibility index (Phi) is 4.28. The van der Waals surface area contributed by atoms with E-state index in [2.05, 4.69) is 27.9 Å². The zero-order valence-electron chi connectivity index (χ0n) is 6.07. The van der Waals surface area contributed by atoms with E-state index >= 15 is 0 Å². The average Bonchev–Trinajstić information content (AvgIpc) is 1.97. The molecule has 0 aromatic rings. The Morgan fingerprint density at radius 3 is 2.15 bits per heavy atom. The van der Waals surface area contributed by atoms with Gasteiger partial charge in [-0.2, -0.15) is 8.78 Å². The second-order valence-electron chi connectivity index (χ2n) is 1.93. The topological polar surface area (TPSA) is 46.5 Å². The summed E-state index contributed by atoms with van der Waals surface area (Å²) in [4.78, 5) is 10.5. The lowest BCUT2D eigenvalue weighted by Crippen LogP contribution is -2.43. The number of ether oxygens (including phenoxy) is 1. The van der Waals surface area contributed by atoms with E-state index in [1.54, 1.807) is 0 Å². The number of esters is 1. The van der Waals surface area contributed by atoms with E-state index in [0.717, 1.165) is 0 Å². The van der Waals surface area contributed by atoms with Crippen LogP contribution in [0.1, 0.15) is 0 Å². The largest absolute Gasteiger partial charge is 0.460 e. The highest BCUT2D eigenvalue weighted by molar-refractivity contribution is 6.39. The Morgan fingerprint density at radius 2 is 1.85 bits per heavy atom. The summed E-state index contributed by atoms with van der Waals surface area (Å²) in [6, 6.07) is 0. The van der Waals surface area contributed by atoms with Gasteiger partial charge in [-0.05, 0) is 11.6 Å². The van der Waals surface area contributed by atoms with Crippen molar-refractivity contribution in [1.29, 1.82) is 0 Å². The molecule has 13 heavy (non-hydrogen) atoms. The molecule has 0 fully saturated rings. The van der Waals surface area contributed by atoms with Gasteiger partial charge in [0.15, 0.2) is 0 Å². The number of alkyl halides is 5. The van der Waals surface area contributed by atoms with Crippen molar-refractivity contribution in [3.8, 4) is 0 Å². The van der Waals surface area contributed by atoms with E-state index in [9.17, 15) is 18.0 Å². The molecular formula is C5H5Cl2F3O3. The molecule has 0 aliphatic carbocycles. The summed E-state index contributed by atoms with van der Waals surface area (Å²) in [6.07, 6.45) is 0. The number of aliphatic hydroxyl groups is 1. The molecule has 0 radical (unpaired) electrons. The van der Waals surface area contributed by atoms with E-state index in [-0.39, 0.29) is 0 Å². The normalized spacial score (nSPS) is 16.5. The van der Waals surface area contributed by atoms with Crippen molar-refractivity contribution in [3.63, 3.8) is 0 Å². The highest BCUT2D eigenvalue weighted by Gasteiger charge is 2.60. The molecule has 0 aromatic heterocycles. The number of hydrogen-bond donors (Lipinski definition) is 1. The number of aliphatic hydroxyl groups excluding tert-OH is 1. The van der Waals surface area contributed by atoms with Gasteiger partial charge in [0, 0.05) is 0 Å². The minimum atomic E-state index is -4.57. The third kappa shape index (κ3) is 3.21. The maximum absolute atomic E-state index is 12.6. The Hall–Kier alpha value is -0.200. The highest BCUT2D eigenvalue weighted by atomic mass is 35.5. The standard InChI is InChI=1S/C5H5Cl2F3O3/c6-4(8,5(7,9)10)3(12)13-2-1-11/h11H,1-2H2. The second-order valence-corrected chi connectivity index (χ2v) is 2.93. The zero-order chi connectivity index (χ0) is 10.7. The molecule has 0 amide bonds. The monoisotopic (exact) mass is 240 g/mol. The number of rotatable bonds is 4. The van der Waals surface area contributed by atoms with Gasteiger partial charge in [-0.1, -0.05) is 11.6 Å². The molecule has 3 nitrogen and oxygen atoms in total. The molecule has 0 spiro atoms. The average molecular weight is 241 g/mol. The van der Waals surface area contributed by atoms with E-state index in [0.29, 0.717) is 0 Å². The number of hydrogen-bond acceptors (Lipinski definition) is 3. The van der Waals surface area contributed by atoms with Crippen LogP contribution < -0.4 is 0 Å². The van der Waals surface area contributed by atoms with Gasteiger partial charge >= 0.3 is 16.5 Å².